The van der Waals surface area contributed by atoms with Crippen molar-refractivity contribution < 1.29 is 52.7 Å². The minimum absolute atomic E-state index is 0.0952. The predicted molar refractivity (Wildman–Crippen MR) is 185 cm³/mol. The van der Waals surface area contributed by atoms with Crippen LogP contribution in [-0.4, -0.2) is 39.3 Å². The summed E-state index contributed by atoms with van der Waals surface area (Å²) in [6.45, 7) is 0. The first-order valence-electron chi connectivity index (χ1n) is 16.9. The number of rotatable bonds is 15. The van der Waals surface area contributed by atoms with Crippen molar-refractivity contribution in [1.29, 1.82) is 0 Å². The van der Waals surface area contributed by atoms with Gasteiger partial charge in [0.25, 0.3) is 0 Å². The van der Waals surface area contributed by atoms with E-state index in [2.05, 4.69) is 0 Å². The molecule has 0 bridgehead atoms. The van der Waals surface area contributed by atoms with Gasteiger partial charge in [0.1, 0.15) is 14.6 Å². The predicted octanol–water partition coefficient (Wildman–Crippen LogP) is 10.2. The summed E-state index contributed by atoms with van der Waals surface area (Å²) in [6.07, 6.45) is -21.9. The van der Waals surface area contributed by atoms with E-state index < -0.39 is 61.3 Å². The fourth-order valence-electron chi connectivity index (χ4n) is 6.43. The van der Waals surface area contributed by atoms with Crippen LogP contribution in [0, 0.1) is 0 Å². The van der Waals surface area contributed by atoms with E-state index in [0.29, 0.717) is 12.8 Å². The summed E-state index contributed by atoms with van der Waals surface area (Å²) in [4.78, 5) is 0. The van der Waals surface area contributed by atoms with Crippen molar-refractivity contribution in [2.75, 3.05) is 0 Å². The Morgan fingerprint density at radius 3 is 0.796 bits per heavy atom. The summed E-state index contributed by atoms with van der Waals surface area (Å²) in [7, 11) is 3.20. The highest BCUT2D eigenvalue weighted by Gasteiger charge is 2.36. The molecule has 0 aliphatic rings. The molecule has 0 aliphatic heterocycles. The lowest BCUT2D eigenvalue weighted by Gasteiger charge is -2.32. The maximum Gasteiger partial charge on any atom is 0.393 e. The number of halogens is 12. The monoisotopic (exact) mass is 770 g/mol. The maximum atomic E-state index is 13.2. The average molecular weight is 770 g/mol. The second-order valence-corrected chi connectivity index (χ2v) is 13.4. The molecule has 0 saturated carbocycles. The molecule has 0 amide bonds. The third-order valence-electron chi connectivity index (χ3n) is 8.83. The Morgan fingerprint density at radius 1 is 0.370 bits per heavy atom. The van der Waals surface area contributed by atoms with Crippen LogP contribution in [0.2, 0.25) is 12.6 Å². The number of benzene rings is 4. The van der Waals surface area contributed by atoms with E-state index in [4.69, 9.17) is 11.5 Å². The third-order valence-corrected chi connectivity index (χ3v) is 8.83. The lowest BCUT2D eigenvalue weighted by molar-refractivity contribution is -0.128. The molecule has 0 aromatic heterocycles. The zero-order valence-electron chi connectivity index (χ0n) is 28.7. The summed E-state index contributed by atoms with van der Waals surface area (Å²) in [5.41, 5.74) is 11.0. The first-order chi connectivity index (χ1) is 24.9. The molecule has 2 nitrogen and oxygen atoms in total. The molecule has 16 heteroatoms. The molecular formula is C38H36B2F12N2. The number of nitrogens with two attached hydrogens (primary N) is 2. The van der Waals surface area contributed by atoms with Gasteiger partial charge in [0.05, 0.1) is 25.7 Å². The van der Waals surface area contributed by atoms with Crippen LogP contribution < -0.4 is 11.5 Å². The Kier molecular flexibility index (Phi) is 13.4. The second-order valence-electron chi connectivity index (χ2n) is 13.4. The van der Waals surface area contributed by atoms with Gasteiger partial charge in [-0.1, -0.05) is 123 Å². The Balaban J connectivity index is 1.57. The largest absolute Gasteiger partial charge is 0.393 e. The van der Waals surface area contributed by atoms with Gasteiger partial charge in [-0.3, -0.25) is 0 Å². The lowest BCUT2D eigenvalue weighted by Crippen LogP contribution is -2.44. The fraction of sp³-hybridized carbons (Fsp3) is 0.368. The lowest BCUT2D eigenvalue weighted by atomic mass is 9.48. The van der Waals surface area contributed by atoms with E-state index in [-0.39, 0.29) is 57.1 Å². The van der Waals surface area contributed by atoms with Crippen molar-refractivity contribution in [3.8, 4) is 0 Å². The van der Waals surface area contributed by atoms with Crippen molar-refractivity contribution in [2.24, 2.45) is 11.5 Å². The molecular weight excluding hydrogens is 734 g/mol. The Bertz CT molecular complexity index is 1580. The first-order valence-corrected chi connectivity index (χ1v) is 16.9. The van der Waals surface area contributed by atoms with Crippen LogP contribution in [0.25, 0.3) is 0 Å². The summed E-state index contributed by atoms with van der Waals surface area (Å²) in [5, 5.41) is 0. The number of unbranched alkanes of at least 4 members (excludes halogenated alkanes) is 1. The van der Waals surface area contributed by atoms with Crippen LogP contribution in [0.5, 0.6) is 0 Å². The molecule has 4 aromatic carbocycles. The number of hydrogen-bond donors (Lipinski definition) is 2. The number of alkyl halides is 12. The second kappa shape index (κ2) is 16.8. The van der Waals surface area contributed by atoms with Crippen molar-refractivity contribution in [2.45, 2.75) is 86.7 Å². The van der Waals surface area contributed by atoms with Crippen LogP contribution >= 0.6 is 0 Å². The van der Waals surface area contributed by atoms with Gasteiger partial charge in [-0.15, -0.1) is 0 Å². The average Bonchev–Trinajstić information content (AvgIpc) is 3.03. The zero-order chi connectivity index (χ0) is 40.0. The van der Waals surface area contributed by atoms with Gasteiger partial charge in [0.2, 0.25) is 0 Å². The normalized spacial score (nSPS) is 13.2. The molecule has 0 fully saturated rings. The number of hydrogen-bond acceptors (Lipinski definition) is 2. The van der Waals surface area contributed by atoms with Gasteiger partial charge in [-0.25, -0.2) is 0 Å². The van der Waals surface area contributed by atoms with E-state index in [1.165, 1.54) is 97.1 Å². The van der Waals surface area contributed by atoms with E-state index in [1.807, 2.05) is 0 Å². The molecule has 0 atom stereocenters. The van der Waals surface area contributed by atoms with Crippen molar-refractivity contribution in [3.63, 3.8) is 0 Å². The van der Waals surface area contributed by atoms with Crippen molar-refractivity contribution in [3.05, 3.63) is 142 Å². The van der Waals surface area contributed by atoms with Crippen molar-refractivity contribution in [1.82, 2.24) is 0 Å². The van der Waals surface area contributed by atoms with Gasteiger partial charge < -0.3 is 11.5 Å². The van der Waals surface area contributed by atoms with Crippen molar-refractivity contribution >= 4 is 14.6 Å². The molecule has 54 heavy (non-hydrogen) atoms. The highest BCUT2D eigenvalue weighted by molar-refractivity contribution is 6.42. The highest BCUT2D eigenvalue weighted by atomic mass is 19.4. The molecule has 0 spiro atoms. The Hall–Kier alpha value is -3.91. The fourth-order valence-corrected chi connectivity index (χ4v) is 6.43. The summed E-state index contributed by atoms with van der Waals surface area (Å²) in [5.74, 6) is 0. The molecule has 0 unspecified atom stereocenters. The molecule has 0 aliphatic carbocycles. The maximum absolute atomic E-state index is 13.2. The van der Waals surface area contributed by atoms with Gasteiger partial charge in [-0.05, 0) is 44.5 Å². The van der Waals surface area contributed by atoms with Gasteiger partial charge in [0.15, 0.2) is 0 Å². The quantitative estimate of drug-likeness (QED) is 0.0719. The molecule has 2 radical (unpaired) electrons. The molecule has 4 rings (SSSR count). The third kappa shape index (κ3) is 12.9. The van der Waals surface area contributed by atoms with Gasteiger partial charge >= 0.3 is 24.7 Å². The Labute approximate surface area is 306 Å². The zero-order valence-corrected chi connectivity index (χ0v) is 28.7. The van der Waals surface area contributed by atoms with Crippen LogP contribution in [-0.2, 0) is 36.6 Å². The van der Waals surface area contributed by atoms with Gasteiger partial charge in [-0.2, -0.15) is 52.7 Å². The molecule has 4 N–H and O–H groups in total. The van der Waals surface area contributed by atoms with Crippen LogP contribution in [0.15, 0.2) is 97.1 Å². The van der Waals surface area contributed by atoms with E-state index in [1.54, 1.807) is 14.6 Å². The minimum Gasteiger partial charge on any atom is -0.325 e. The first kappa shape index (κ1) is 42.8. The SMILES string of the molecule is NC([B]CCCC[B]C(N)(c1cccc(CC(F)(F)F)c1)c1cccc(CC(F)(F)F)c1)(c1cccc(CC(F)(F)F)c1)c1cccc(CC(F)(F)F)c1. The standard InChI is InChI=1S/C38H36B2F12N2/c41-33(42,43)21-25-7-3-11-29(17-25)37(53,30-12-4-8-26(18-30)22-34(44,45)46)39-15-1-2-16-40-38(54,31-13-5-9-27(19-31)23-35(47,48)49)32-14-6-10-28(20-32)24-36(50,51)52/h3-14,17-20H,1-2,15-16,21-24,53-54H2. The molecule has 0 heterocycles. The molecule has 288 valence electrons. The van der Waals surface area contributed by atoms with Crippen LogP contribution in [0.4, 0.5) is 52.7 Å². The summed E-state index contributed by atoms with van der Waals surface area (Å²) < 4.78 is 159. The summed E-state index contributed by atoms with van der Waals surface area (Å²) in [6, 6.07) is 21.6. The molecule has 4 aromatic rings. The van der Waals surface area contributed by atoms with Gasteiger partial charge in [0, 0.05) is 10.9 Å². The van der Waals surface area contributed by atoms with Crippen LogP contribution in [0.1, 0.15) is 57.3 Å². The molecule has 0 saturated heterocycles. The highest BCUT2D eigenvalue weighted by Crippen LogP contribution is 2.34. The Morgan fingerprint density at radius 2 is 0.593 bits per heavy atom. The van der Waals surface area contributed by atoms with Crippen LogP contribution in [0.3, 0.4) is 0 Å². The topological polar surface area (TPSA) is 52.0 Å². The van der Waals surface area contributed by atoms with E-state index >= 15 is 0 Å². The van der Waals surface area contributed by atoms with E-state index in [0.717, 1.165) is 0 Å². The minimum atomic E-state index is -4.53. The van der Waals surface area contributed by atoms with E-state index in [9.17, 15) is 52.7 Å². The summed E-state index contributed by atoms with van der Waals surface area (Å²) >= 11 is 0. The smallest absolute Gasteiger partial charge is 0.325 e.